The summed E-state index contributed by atoms with van der Waals surface area (Å²) in [4.78, 5) is 1.29. The van der Waals surface area contributed by atoms with E-state index in [0.29, 0.717) is 0 Å². The minimum absolute atomic E-state index is 0.903. The molecule has 1 aromatic heterocycles. The molecule has 2 aromatic carbocycles. The maximum Gasteiger partial charge on any atom is 0.0739 e. The minimum atomic E-state index is 0.903. The molecule has 0 saturated heterocycles. The van der Waals surface area contributed by atoms with Crippen molar-refractivity contribution in [1.82, 2.24) is 9.78 Å². The van der Waals surface area contributed by atoms with E-state index in [1.165, 1.54) is 21.4 Å². The SMILES string of the molecule is CCn1nc(C)c(Br)c1CSc1ccc2ccccc2c1. The molecule has 0 radical (unpaired) electrons. The van der Waals surface area contributed by atoms with Crippen LogP contribution in [0, 0.1) is 6.92 Å². The number of fused-ring (bicyclic) bond motifs is 1. The van der Waals surface area contributed by atoms with E-state index in [1.807, 2.05) is 18.7 Å². The summed E-state index contributed by atoms with van der Waals surface area (Å²) in [5.74, 6) is 0.924. The molecule has 3 aromatic rings. The molecule has 0 N–H and O–H groups in total. The Hall–Kier alpha value is -1.26. The molecule has 3 rings (SSSR count). The molecule has 2 nitrogen and oxygen atoms in total. The van der Waals surface area contributed by atoms with Crippen LogP contribution in [-0.2, 0) is 12.3 Å². The van der Waals surface area contributed by atoms with Gasteiger partial charge in [0.05, 0.1) is 15.9 Å². The lowest BCUT2D eigenvalue weighted by Crippen LogP contribution is -2.01. The summed E-state index contributed by atoms with van der Waals surface area (Å²) in [6.07, 6.45) is 0. The van der Waals surface area contributed by atoms with Crippen LogP contribution in [0.4, 0.5) is 0 Å². The lowest BCUT2D eigenvalue weighted by Gasteiger charge is -2.06. The predicted octanol–water partition coefficient (Wildman–Crippen LogP) is 5.42. The van der Waals surface area contributed by atoms with Crippen LogP contribution in [0.25, 0.3) is 10.8 Å². The normalized spacial score (nSPS) is 11.2. The summed E-state index contributed by atoms with van der Waals surface area (Å²) < 4.78 is 3.21. The first-order valence-corrected chi connectivity index (χ1v) is 8.80. The summed E-state index contributed by atoms with van der Waals surface area (Å²) >= 11 is 5.51. The molecular formula is C17H17BrN2S. The number of aryl methyl sites for hydroxylation is 2. The maximum absolute atomic E-state index is 4.55. The van der Waals surface area contributed by atoms with Crippen molar-refractivity contribution < 1.29 is 0 Å². The molecule has 0 fully saturated rings. The number of halogens is 1. The topological polar surface area (TPSA) is 17.8 Å². The van der Waals surface area contributed by atoms with Crippen LogP contribution in [-0.4, -0.2) is 9.78 Å². The van der Waals surface area contributed by atoms with Crippen molar-refractivity contribution in [3.05, 3.63) is 58.3 Å². The summed E-state index contributed by atoms with van der Waals surface area (Å²) in [5, 5.41) is 7.13. The molecule has 0 bridgehead atoms. The Bertz CT molecular complexity index is 780. The molecule has 21 heavy (non-hydrogen) atoms. The van der Waals surface area contributed by atoms with Gasteiger partial charge in [-0.2, -0.15) is 5.10 Å². The standard InChI is InChI=1S/C17H17BrN2S/c1-3-20-16(17(18)12(2)19-20)11-21-15-9-8-13-6-4-5-7-14(13)10-15/h4-10H,3,11H2,1-2H3. The third-order valence-electron chi connectivity index (χ3n) is 3.55. The summed E-state index contributed by atoms with van der Waals surface area (Å²) in [6, 6.07) is 15.1. The Morgan fingerprint density at radius 2 is 1.90 bits per heavy atom. The first-order chi connectivity index (χ1) is 10.2. The largest absolute Gasteiger partial charge is 0.268 e. The first-order valence-electron chi connectivity index (χ1n) is 7.02. The number of thioether (sulfide) groups is 1. The monoisotopic (exact) mass is 360 g/mol. The Balaban J connectivity index is 1.83. The second kappa shape index (κ2) is 6.24. The smallest absolute Gasteiger partial charge is 0.0739 e. The molecule has 1 heterocycles. The predicted molar refractivity (Wildman–Crippen MR) is 93.8 cm³/mol. The zero-order chi connectivity index (χ0) is 14.8. The highest BCUT2D eigenvalue weighted by atomic mass is 79.9. The van der Waals surface area contributed by atoms with Crippen molar-refractivity contribution in [3.63, 3.8) is 0 Å². The number of hydrogen-bond acceptors (Lipinski definition) is 2. The van der Waals surface area contributed by atoms with E-state index < -0.39 is 0 Å². The minimum Gasteiger partial charge on any atom is -0.268 e. The fraction of sp³-hybridized carbons (Fsp3) is 0.235. The van der Waals surface area contributed by atoms with Gasteiger partial charge in [-0.15, -0.1) is 11.8 Å². The molecule has 0 unspecified atom stereocenters. The zero-order valence-corrected chi connectivity index (χ0v) is 14.5. The Kier molecular flexibility index (Phi) is 4.36. The lowest BCUT2D eigenvalue weighted by molar-refractivity contribution is 0.631. The lowest BCUT2D eigenvalue weighted by atomic mass is 10.1. The third kappa shape index (κ3) is 3.01. The van der Waals surface area contributed by atoms with Crippen molar-refractivity contribution in [2.24, 2.45) is 0 Å². The van der Waals surface area contributed by atoms with Crippen LogP contribution < -0.4 is 0 Å². The van der Waals surface area contributed by atoms with Crippen molar-refractivity contribution in [2.75, 3.05) is 0 Å². The molecule has 0 amide bonds. The average Bonchev–Trinajstić information content (AvgIpc) is 2.79. The number of aromatic nitrogens is 2. The highest BCUT2D eigenvalue weighted by molar-refractivity contribution is 9.10. The van der Waals surface area contributed by atoms with E-state index >= 15 is 0 Å². The van der Waals surface area contributed by atoms with Gasteiger partial charge in [-0.3, -0.25) is 4.68 Å². The molecule has 4 heteroatoms. The Labute approximate surface area is 137 Å². The van der Waals surface area contributed by atoms with E-state index in [-0.39, 0.29) is 0 Å². The van der Waals surface area contributed by atoms with E-state index in [4.69, 9.17) is 0 Å². The molecule has 0 spiro atoms. The maximum atomic E-state index is 4.55. The van der Waals surface area contributed by atoms with Gasteiger partial charge in [0, 0.05) is 17.2 Å². The number of hydrogen-bond donors (Lipinski definition) is 0. The average molecular weight is 361 g/mol. The van der Waals surface area contributed by atoms with Gasteiger partial charge in [0.1, 0.15) is 0 Å². The highest BCUT2D eigenvalue weighted by Gasteiger charge is 2.12. The van der Waals surface area contributed by atoms with Crippen molar-refractivity contribution >= 4 is 38.5 Å². The molecule has 0 saturated carbocycles. The van der Waals surface area contributed by atoms with E-state index in [2.05, 4.69) is 75.1 Å². The van der Waals surface area contributed by atoms with E-state index in [1.54, 1.807) is 0 Å². The number of nitrogens with zero attached hydrogens (tertiary/aromatic N) is 2. The fourth-order valence-corrected chi connectivity index (χ4v) is 4.00. The van der Waals surface area contributed by atoms with Crippen LogP contribution in [0.15, 0.2) is 51.8 Å². The Morgan fingerprint density at radius 3 is 2.67 bits per heavy atom. The van der Waals surface area contributed by atoms with Gasteiger partial charge in [0.15, 0.2) is 0 Å². The highest BCUT2D eigenvalue weighted by Crippen LogP contribution is 2.30. The van der Waals surface area contributed by atoms with E-state index in [0.717, 1.165) is 22.5 Å². The molecular weight excluding hydrogens is 344 g/mol. The number of rotatable bonds is 4. The summed E-state index contributed by atoms with van der Waals surface area (Å²) in [6.45, 7) is 5.07. The molecule has 0 aliphatic rings. The zero-order valence-electron chi connectivity index (χ0n) is 12.1. The van der Waals surface area contributed by atoms with Crippen molar-refractivity contribution in [3.8, 4) is 0 Å². The second-order valence-corrected chi connectivity index (χ2v) is 6.80. The number of benzene rings is 2. The van der Waals surface area contributed by atoms with Gasteiger partial charge in [-0.25, -0.2) is 0 Å². The van der Waals surface area contributed by atoms with Gasteiger partial charge >= 0.3 is 0 Å². The second-order valence-electron chi connectivity index (χ2n) is 4.96. The molecule has 108 valence electrons. The third-order valence-corrected chi connectivity index (χ3v) is 5.59. The van der Waals surface area contributed by atoms with Crippen molar-refractivity contribution in [1.29, 1.82) is 0 Å². The van der Waals surface area contributed by atoms with Gasteiger partial charge < -0.3 is 0 Å². The van der Waals surface area contributed by atoms with Gasteiger partial charge in [0.25, 0.3) is 0 Å². The molecule has 0 aliphatic carbocycles. The quantitative estimate of drug-likeness (QED) is 0.578. The van der Waals surface area contributed by atoms with Crippen LogP contribution in [0.1, 0.15) is 18.3 Å². The van der Waals surface area contributed by atoms with Crippen molar-refractivity contribution in [2.45, 2.75) is 31.0 Å². The van der Waals surface area contributed by atoms with Gasteiger partial charge in [-0.05, 0) is 52.7 Å². The van der Waals surface area contributed by atoms with Gasteiger partial charge in [0.2, 0.25) is 0 Å². The fourth-order valence-electron chi connectivity index (χ4n) is 2.42. The van der Waals surface area contributed by atoms with Crippen LogP contribution >= 0.6 is 27.7 Å². The van der Waals surface area contributed by atoms with E-state index in [9.17, 15) is 0 Å². The van der Waals surface area contributed by atoms with Crippen LogP contribution in [0.2, 0.25) is 0 Å². The summed E-state index contributed by atoms with van der Waals surface area (Å²) in [5.41, 5.74) is 2.32. The van der Waals surface area contributed by atoms with Crippen LogP contribution in [0.5, 0.6) is 0 Å². The summed E-state index contributed by atoms with van der Waals surface area (Å²) in [7, 11) is 0. The van der Waals surface area contributed by atoms with Gasteiger partial charge in [-0.1, -0.05) is 30.3 Å². The molecule has 0 atom stereocenters. The Morgan fingerprint density at radius 1 is 1.14 bits per heavy atom. The van der Waals surface area contributed by atoms with Crippen LogP contribution in [0.3, 0.4) is 0 Å². The first kappa shape index (κ1) is 14.7. The molecule has 0 aliphatic heterocycles.